The van der Waals surface area contributed by atoms with Crippen molar-refractivity contribution < 1.29 is 9.53 Å². The Morgan fingerprint density at radius 1 is 0.833 bits per heavy atom. The van der Waals surface area contributed by atoms with E-state index in [-0.39, 0.29) is 11.8 Å². The minimum absolute atomic E-state index is 0.143. The zero-order valence-corrected chi connectivity index (χ0v) is 20.5. The number of nitrogens with zero attached hydrogens (tertiary/aromatic N) is 4. The zero-order valence-electron chi connectivity index (χ0n) is 20.5. The molecule has 5 rings (SSSR count). The lowest BCUT2D eigenvalue weighted by Crippen LogP contribution is -2.50. The van der Waals surface area contributed by atoms with Gasteiger partial charge in [0.05, 0.1) is 18.2 Å². The van der Waals surface area contributed by atoms with E-state index >= 15 is 0 Å². The molecule has 0 unspecified atom stereocenters. The predicted octanol–water partition coefficient (Wildman–Crippen LogP) is 5.02. The topological polar surface area (TPSA) is 58.6 Å². The van der Waals surface area contributed by atoms with Gasteiger partial charge in [-0.2, -0.15) is 0 Å². The van der Waals surface area contributed by atoms with Gasteiger partial charge in [0.25, 0.3) is 0 Å². The van der Waals surface area contributed by atoms with Crippen LogP contribution in [0.25, 0.3) is 11.3 Å². The minimum Gasteiger partial charge on any atom is -0.494 e. The number of hydrogen-bond acceptors (Lipinski definition) is 5. The maximum absolute atomic E-state index is 13.7. The van der Waals surface area contributed by atoms with Crippen molar-refractivity contribution in [3.8, 4) is 17.0 Å². The van der Waals surface area contributed by atoms with E-state index in [9.17, 15) is 4.79 Å². The molecule has 0 saturated carbocycles. The summed E-state index contributed by atoms with van der Waals surface area (Å²) < 4.78 is 5.54. The highest BCUT2D eigenvalue weighted by molar-refractivity contribution is 5.87. The van der Waals surface area contributed by atoms with Crippen LogP contribution in [-0.4, -0.2) is 53.6 Å². The number of amides is 1. The van der Waals surface area contributed by atoms with E-state index in [4.69, 9.17) is 4.74 Å². The lowest BCUT2D eigenvalue weighted by Gasteiger charge is -2.37. The molecule has 1 saturated heterocycles. The van der Waals surface area contributed by atoms with Gasteiger partial charge < -0.3 is 14.5 Å². The largest absolute Gasteiger partial charge is 0.494 e. The Labute approximate surface area is 212 Å². The molecule has 1 aromatic heterocycles. The molecule has 0 bridgehead atoms. The van der Waals surface area contributed by atoms with E-state index in [2.05, 4.69) is 14.9 Å². The lowest BCUT2D eigenvalue weighted by atomic mass is 9.90. The van der Waals surface area contributed by atoms with Crippen molar-refractivity contribution >= 4 is 11.7 Å². The predicted molar refractivity (Wildman–Crippen MR) is 142 cm³/mol. The molecule has 36 heavy (non-hydrogen) atoms. The summed E-state index contributed by atoms with van der Waals surface area (Å²) in [5.41, 5.74) is 3.93. The van der Waals surface area contributed by atoms with E-state index in [1.54, 1.807) is 6.33 Å². The molecule has 0 radical (unpaired) electrons. The number of aromatic nitrogens is 2. The minimum atomic E-state index is -0.302. The molecule has 3 aromatic carbocycles. The quantitative estimate of drug-likeness (QED) is 0.373. The molecule has 182 valence electrons. The average Bonchev–Trinajstić information content (AvgIpc) is 2.95. The van der Waals surface area contributed by atoms with E-state index < -0.39 is 0 Å². The Hall–Kier alpha value is -4.19. The van der Waals surface area contributed by atoms with Gasteiger partial charge in [0, 0.05) is 37.8 Å². The molecule has 1 fully saturated rings. The Morgan fingerprint density at radius 3 is 2.03 bits per heavy atom. The van der Waals surface area contributed by atoms with Crippen molar-refractivity contribution in [2.45, 2.75) is 12.8 Å². The number of piperazine rings is 1. The van der Waals surface area contributed by atoms with E-state index in [0.29, 0.717) is 19.7 Å². The van der Waals surface area contributed by atoms with Gasteiger partial charge in [-0.25, -0.2) is 9.97 Å². The summed E-state index contributed by atoms with van der Waals surface area (Å²) >= 11 is 0. The third-order valence-electron chi connectivity index (χ3n) is 6.54. The number of hydrogen-bond donors (Lipinski definition) is 0. The standard InChI is InChI=1S/C30H30N4O2/c1-2-36-26-15-13-23(14-16-26)27-21-28(32-22-31-27)33-17-19-34(20-18-33)30(35)29(24-9-5-3-6-10-24)25-11-7-4-8-12-25/h3-16,21-22,29H,2,17-20H2,1H3. The van der Waals surface area contributed by atoms with E-state index in [1.165, 1.54) is 0 Å². The van der Waals surface area contributed by atoms with Gasteiger partial charge in [0.15, 0.2) is 0 Å². The van der Waals surface area contributed by atoms with E-state index in [1.807, 2.05) is 103 Å². The molecule has 0 atom stereocenters. The highest BCUT2D eigenvalue weighted by Gasteiger charge is 2.30. The molecule has 0 aliphatic carbocycles. The number of benzene rings is 3. The van der Waals surface area contributed by atoms with Crippen LogP contribution >= 0.6 is 0 Å². The fourth-order valence-corrected chi connectivity index (χ4v) is 4.67. The van der Waals surface area contributed by atoms with Gasteiger partial charge in [-0.05, 0) is 42.3 Å². The third-order valence-corrected chi connectivity index (χ3v) is 6.54. The molecular formula is C30H30N4O2. The number of carbonyl (C=O) groups excluding carboxylic acids is 1. The van der Waals surface area contributed by atoms with Crippen LogP contribution in [0.1, 0.15) is 24.0 Å². The van der Waals surface area contributed by atoms with Gasteiger partial charge >= 0.3 is 0 Å². The summed E-state index contributed by atoms with van der Waals surface area (Å²) in [5.74, 6) is 1.57. The first-order valence-corrected chi connectivity index (χ1v) is 12.4. The van der Waals surface area contributed by atoms with Crippen LogP contribution in [0.2, 0.25) is 0 Å². The molecule has 0 N–H and O–H groups in total. The SMILES string of the molecule is CCOc1ccc(-c2cc(N3CCN(C(=O)C(c4ccccc4)c4ccccc4)CC3)ncn2)cc1. The average molecular weight is 479 g/mol. The first-order chi connectivity index (χ1) is 17.7. The van der Waals surface area contributed by atoms with Crippen molar-refractivity contribution in [3.63, 3.8) is 0 Å². The van der Waals surface area contributed by atoms with Crippen LogP contribution in [-0.2, 0) is 4.79 Å². The number of anilines is 1. The molecular weight excluding hydrogens is 448 g/mol. The Balaban J connectivity index is 1.29. The Kier molecular flexibility index (Phi) is 7.22. The number of ether oxygens (including phenoxy) is 1. The highest BCUT2D eigenvalue weighted by atomic mass is 16.5. The van der Waals surface area contributed by atoms with Crippen molar-refractivity contribution in [1.82, 2.24) is 14.9 Å². The number of rotatable bonds is 7. The first-order valence-electron chi connectivity index (χ1n) is 12.4. The lowest BCUT2D eigenvalue weighted by molar-refractivity contribution is -0.132. The summed E-state index contributed by atoms with van der Waals surface area (Å²) in [5, 5.41) is 0. The molecule has 1 aliphatic heterocycles. The van der Waals surface area contributed by atoms with E-state index in [0.717, 1.165) is 47.0 Å². The highest BCUT2D eigenvalue weighted by Crippen LogP contribution is 2.28. The Bertz CT molecular complexity index is 1230. The van der Waals surface area contributed by atoms with Crippen molar-refractivity contribution in [2.75, 3.05) is 37.7 Å². The van der Waals surface area contributed by atoms with Gasteiger partial charge in [0.2, 0.25) is 5.91 Å². The molecule has 0 spiro atoms. The van der Waals surface area contributed by atoms with Crippen LogP contribution < -0.4 is 9.64 Å². The fraction of sp³-hybridized carbons (Fsp3) is 0.233. The maximum atomic E-state index is 13.7. The molecule has 2 heterocycles. The fourth-order valence-electron chi connectivity index (χ4n) is 4.67. The molecule has 1 aliphatic rings. The smallest absolute Gasteiger partial charge is 0.234 e. The van der Waals surface area contributed by atoms with Gasteiger partial charge in [-0.3, -0.25) is 4.79 Å². The maximum Gasteiger partial charge on any atom is 0.234 e. The molecule has 6 heteroatoms. The van der Waals surface area contributed by atoms with Crippen molar-refractivity contribution in [2.24, 2.45) is 0 Å². The molecule has 4 aromatic rings. The number of carbonyl (C=O) groups is 1. The summed E-state index contributed by atoms with van der Waals surface area (Å²) in [4.78, 5) is 26.9. The molecule has 6 nitrogen and oxygen atoms in total. The van der Waals surface area contributed by atoms with Crippen LogP contribution in [0.3, 0.4) is 0 Å². The second kappa shape index (κ2) is 11.0. The van der Waals surface area contributed by atoms with Crippen LogP contribution in [0.15, 0.2) is 97.3 Å². The van der Waals surface area contributed by atoms with Crippen LogP contribution in [0.5, 0.6) is 5.75 Å². The second-order valence-corrected chi connectivity index (χ2v) is 8.79. The summed E-state index contributed by atoms with van der Waals surface area (Å²) in [6.07, 6.45) is 1.61. The van der Waals surface area contributed by atoms with Gasteiger partial charge in [-0.1, -0.05) is 60.7 Å². The summed E-state index contributed by atoms with van der Waals surface area (Å²) in [6.45, 7) is 5.36. The summed E-state index contributed by atoms with van der Waals surface area (Å²) in [7, 11) is 0. The van der Waals surface area contributed by atoms with Crippen LogP contribution in [0.4, 0.5) is 5.82 Å². The normalized spacial score (nSPS) is 13.6. The zero-order chi connectivity index (χ0) is 24.7. The monoisotopic (exact) mass is 478 g/mol. The van der Waals surface area contributed by atoms with Gasteiger partial charge in [-0.15, -0.1) is 0 Å². The third kappa shape index (κ3) is 5.23. The second-order valence-electron chi connectivity index (χ2n) is 8.79. The summed E-state index contributed by atoms with van der Waals surface area (Å²) in [6, 6.07) is 30.1. The van der Waals surface area contributed by atoms with Crippen molar-refractivity contribution in [1.29, 1.82) is 0 Å². The molecule has 1 amide bonds. The van der Waals surface area contributed by atoms with Gasteiger partial charge in [0.1, 0.15) is 17.9 Å². The Morgan fingerprint density at radius 2 is 1.44 bits per heavy atom. The first kappa shape index (κ1) is 23.5. The van der Waals surface area contributed by atoms with Crippen LogP contribution in [0, 0.1) is 0 Å². The van der Waals surface area contributed by atoms with Crippen molar-refractivity contribution in [3.05, 3.63) is 108 Å².